The molecule has 1 aliphatic heterocycles. The lowest BCUT2D eigenvalue weighted by Crippen LogP contribution is -2.53. The zero-order valence-corrected chi connectivity index (χ0v) is 23.8. The van der Waals surface area contributed by atoms with Gasteiger partial charge in [-0.25, -0.2) is 0 Å². The van der Waals surface area contributed by atoms with Crippen LogP contribution in [0.1, 0.15) is 33.6 Å². The fourth-order valence-electron chi connectivity index (χ4n) is 3.29. The van der Waals surface area contributed by atoms with E-state index in [1.807, 2.05) is 0 Å². The van der Waals surface area contributed by atoms with Crippen molar-refractivity contribution >= 4 is 35.5 Å². The molecule has 41 heavy (non-hydrogen) atoms. The van der Waals surface area contributed by atoms with Gasteiger partial charge in [0.05, 0.1) is 52.9 Å². The van der Waals surface area contributed by atoms with Gasteiger partial charge in [-0.3, -0.25) is 33.7 Å². The fourth-order valence-corrected chi connectivity index (χ4v) is 3.29. The Morgan fingerprint density at radius 1 is 0.756 bits per heavy atom. The van der Waals surface area contributed by atoms with E-state index in [9.17, 15) is 28.8 Å². The number of carbonyl (C=O) groups is 6. The fraction of sp³-hybridized carbons (Fsp3) is 0.692. The molecule has 5 amide bonds. The summed E-state index contributed by atoms with van der Waals surface area (Å²) in [4.78, 5) is 70.9. The largest absolute Gasteiger partial charge is 0.480 e. The molecule has 0 aromatic heterocycles. The zero-order chi connectivity index (χ0) is 30.6. The van der Waals surface area contributed by atoms with Crippen LogP contribution in [0.5, 0.6) is 0 Å². The molecule has 1 heterocycles. The van der Waals surface area contributed by atoms with Crippen molar-refractivity contribution in [3.63, 3.8) is 0 Å². The number of rotatable bonds is 23. The van der Waals surface area contributed by atoms with Crippen LogP contribution in [0.25, 0.3) is 0 Å². The normalized spacial score (nSPS) is 14.3. The maximum absolute atomic E-state index is 12.2. The monoisotopic (exact) mass is 586 g/mol. The van der Waals surface area contributed by atoms with Gasteiger partial charge in [0.1, 0.15) is 12.1 Å². The van der Waals surface area contributed by atoms with Crippen LogP contribution in [-0.2, 0) is 47.7 Å². The van der Waals surface area contributed by atoms with Gasteiger partial charge >= 0.3 is 5.97 Å². The Labute approximate surface area is 239 Å². The van der Waals surface area contributed by atoms with Crippen molar-refractivity contribution < 1.29 is 52.8 Å². The van der Waals surface area contributed by atoms with Gasteiger partial charge in [0.15, 0.2) is 0 Å². The third-order valence-electron chi connectivity index (χ3n) is 5.62. The first-order chi connectivity index (χ1) is 19.5. The van der Waals surface area contributed by atoms with Gasteiger partial charge in [0.25, 0.3) is 11.8 Å². The first-order valence-corrected chi connectivity index (χ1v) is 13.5. The first-order valence-electron chi connectivity index (χ1n) is 13.5. The number of amides is 5. The van der Waals surface area contributed by atoms with Crippen LogP contribution in [0.2, 0.25) is 0 Å². The molecular weight excluding hydrogens is 544 g/mol. The molecule has 0 bridgehead atoms. The summed E-state index contributed by atoms with van der Waals surface area (Å²) in [6, 6.07) is -1.91. The highest BCUT2D eigenvalue weighted by atomic mass is 16.6. The van der Waals surface area contributed by atoms with Crippen molar-refractivity contribution in [1.29, 1.82) is 0 Å². The number of ether oxygens (including phenoxy) is 4. The van der Waals surface area contributed by atoms with Crippen LogP contribution in [0.15, 0.2) is 12.2 Å². The number of nitrogens with zero attached hydrogens (tertiary/aromatic N) is 1. The molecule has 0 saturated carbocycles. The van der Waals surface area contributed by atoms with Gasteiger partial charge in [-0.15, -0.1) is 0 Å². The Bertz CT molecular complexity index is 892. The molecule has 0 saturated heterocycles. The second kappa shape index (κ2) is 20.5. The lowest BCUT2D eigenvalue weighted by atomic mass is 10.0. The molecule has 4 N–H and O–H groups in total. The average Bonchev–Trinajstić information content (AvgIpc) is 3.24. The van der Waals surface area contributed by atoms with E-state index in [0.29, 0.717) is 46.2 Å². The maximum atomic E-state index is 12.2. The van der Waals surface area contributed by atoms with Crippen LogP contribution in [0.4, 0.5) is 0 Å². The summed E-state index contributed by atoms with van der Waals surface area (Å²) >= 11 is 0. The lowest BCUT2D eigenvalue weighted by molar-refractivity contribution is -0.142. The number of aliphatic carboxylic acids is 1. The third-order valence-corrected chi connectivity index (χ3v) is 5.62. The summed E-state index contributed by atoms with van der Waals surface area (Å²) in [5, 5.41) is 16.5. The lowest BCUT2D eigenvalue weighted by Gasteiger charge is -2.23. The van der Waals surface area contributed by atoms with E-state index in [2.05, 4.69) is 16.0 Å². The number of hydrogen-bond acceptors (Lipinski definition) is 10. The maximum Gasteiger partial charge on any atom is 0.325 e. The highest BCUT2D eigenvalue weighted by Crippen LogP contribution is 2.04. The number of nitrogens with one attached hydrogen (secondary N) is 3. The molecular formula is C26H42N4O11. The minimum absolute atomic E-state index is 0.0263. The van der Waals surface area contributed by atoms with E-state index in [0.717, 1.165) is 4.90 Å². The van der Waals surface area contributed by atoms with Crippen LogP contribution >= 0.6 is 0 Å². The summed E-state index contributed by atoms with van der Waals surface area (Å²) in [5.41, 5.74) is 0. The minimum atomic E-state index is -1.16. The van der Waals surface area contributed by atoms with Crippen molar-refractivity contribution in [1.82, 2.24) is 20.9 Å². The molecule has 0 aromatic rings. The average molecular weight is 587 g/mol. The highest BCUT2D eigenvalue weighted by molar-refractivity contribution is 6.13. The molecule has 2 unspecified atom stereocenters. The van der Waals surface area contributed by atoms with Crippen molar-refractivity contribution in [3.05, 3.63) is 12.2 Å². The molecule has 2 atom stereocenters. The summed E-state index contributed by atoms with van der Waals surface area (Å²) in [6.07, 6.45) is 2.41. The Hall–Kier alpha value is -3.40. The predicted octanol–water partition coefficient (Wildman–Crippen LogP) is -1.40. The first kappa shape index (κ1) is 35.6. The van der Waals surface area contributed by atoms with Crippen molar-refractivity contribution in [2.75, 3.05) is 65.9 Å². The second-order valence-corrected chi connectivity index (χ2v) is 9.32. The molecule has 1 rings (SSSR count). The number of carbonyl (C=O) groups excluding carboxylic acids is 5. The Morgan fingerprint density at radius 2 is 1.27 bits per heavy atom. The van der Waals surface area contributed by atoms with Gasteiger partial charge in [0, 0.05) is 38.1 Å². The smallest absolute Gasteiger partial charge is 0.325 e. The third kappa shape index (κ3) is 15.8. The quantitative estimate of drug-likeness (QED) is 0.0811. The van der Waals surface area contributed by atoms with Gasteiger partial charge in [0.2, 0.25) is 17.7 Å². The molecule has 1 aliphatic rings. The summed E-state index contributed by atoms with van der Waals surface area (Å²) in [5.74, 6) is -3.45. The summed E-state index contributed by atoms with van der Waals surface area (Å²) < 4.78 is 21.5. The van der Waals surface area contributed by atoms with E-state index >= 15 is 0 Å². The van der Waals surface area contributed by atoms with Gasteiger partial charge < -0.3 is 40.0 Å². The number of imide groups is 1. The van der Waals surface area contributed by atoms with E-state index in [1.54, 1.807) is 13.8 Å². The van der Waals surface area contributed by atoms with E-state index in [-0.39, 0.29) is 50.3 Å². The topological polar surface area (TPSA) is 199 Å². The van der Waals surface area contributed by atoms with E-state index in [1.165, 1.54) is 19.1 Å². The summed E-state index contributed by atoms with van der Waals surface area (Å²) in [7, 11) is 0. The Kier molecular flexibility index (Phi) is 17.8. The van der Waals surface area contributed by atoms with Crippen LogP contribution < -0.4 is 16.0 Å². The number of carboxylic acids is 1. The molecule has 15 nitrogen and oxygen atoms in total. The molecule has 0 fully saturated rings. The van der Waals surface area contributed by atoms with E-state index < -0.39 is 35.8 Å². The molecule has 15 heteroatoms. The van der Waals surface area contributed by atoms with Gasteiger partial charge in [-0.1, -0.05) is 13.8 Å². The summed E-state index contributed by atoms with van der Waals surface area (Å²) in [6.45, 7) is 7.55. The van der Waals surface area contributed by atoms with Crippen molar-refractivity contribution in [2.45, 2.75) is 45.7 Å². The molecule has 0 aliphatic carbocycles. The molecule has 0 spiro atoms. The van der Waals surface area contributed by atoms with Crippen LogP contribution in [0.3, 0.4) is 0 Å². The second-order valence-electron chi connectivity index (χ2n) is 9.32. The van der Waals surface area contributed by atoms with Crippen molar-refractivity contribution in [2.24, 2.45) is 5.92 Å². The number of carboxylic acid groups (broad SMARTS) is 1. The highest BCUT2D eigenvalue weighted by Gasteiger charge is 2.26. The Morgan fingerprint density at radius 3 is 1.78 bits per heavy atom. The Balaban J connectivity index is 1.93. The van der Waals surface area contributed by atoms with Crippen molar-refractivity contribution in [3.8, 4) is 0 Å². The van der Waals surface area contributed by atoms with Crippen LogP contribution in [0, 0.1) is 5.92 Å². The van der Waals surface area contributed by atoms with Gasteiger partial charge in [-0.2, -0.15) is 0 Å². The van der Waals surface area contributed by atoms with Crippen LogP contribution in [-0.4, -0.2) is 124 Å². The SMILES string of the molecule is CC(NC(=O)C(NC(=O)CCOCCOCCOCCOCCNC(=O)CCN1C(=O)C=CC1=O)C(C)C)C(=O)O. The predicted molar refractivity (Wildman–Crippen MR) is 143 cm³/mol. The number of hydrogen-bond donors (Lipinski definition) is 4. The molecule has 232 valence electrons. The van der Waals surface area contributed by atoms with E-state index in [4.69, 9.17) is 24.1 Å². The molecule has 0 aromatic carbocycles. The minimum Gasteiger partial charge on any atom is -0.480 e. The van der Waals surface area contributed by atoms with Gasteiger partial charge in [-0.05, 0) is 12.8 Å². The zero-order valence-electron chi connectivity index (χ0n) is 23.8. The standard InChI is InChI=1S/C26H42N4O11/c1-18(2)24(25(35)28-19(3)26(36)37)29-21(32)7-10-38-12-14-40-16-17-41-15-13-39-11-8-27-20(31)6-9-30-22(33)4-5-23(30)34/h4-5,18-19,24H,6-17H2,1-3H3,(H,27,31)(H,28,35)(H,29,32)(H,36,37). The molecule has 0 radical (unpaired) electrons.